The lowest BCUT2D eigenvalue weighted by atomic mass is 9.80. The first-order valence-corrected chi connectivity index (χ1v) is 6.56. The third-order valence-electron chi connectivity index (χ3n) is 3.53. The summed E-state index contributed by atoms with van der Waals surface area (Å²) in [5.74, 6) is 1.09. The molecule has 0 aliphatic carbocycles. The summed E-state index contributed by atoms with van der Waals surface area (Å²) in [5, 5.41) is 0. The summed E-state index contributed by atoms with van der Waals surface area (Å²) >= 11 is 0. The molecule has 1 aliphatic rings. The molecule has 18 heavy (non-hydrogen) atoms. The molecule has 0 spiro atoms. The van der Waals surface area contributed by atoms with Crippen LogP contribution in [0.5, 0.6) is 0 Å². The van der Waals surface area contributed by atoms with Crippen molar-refractivity contribution >= 4 is 5.90 Å². The van der Waals surface area contributed by atoms with Crippen LogP contribution in [0.25, 0.3) is 0 Å². The first-order valence-electron chi connectivity index (χ1n) is 6.56. The smallest absolute Gasteiger partial charge is 0.235 e. The zero-order chi connectivity index (χ0) is 13.3. The molecule has 1 aliphatic heterocycles. The Morgan fingerprint density at radius 1 is 1.33 bits per heavy atom. The lowest BCUT2D eigenvalue weighted by Gasteiger charge is -2.26. The molecule has 2 atom stereocenters. The number of nitrogens with zero attached hydrogens (tertiary/aromatic N) is 2. The first-order chi connectivity index (χ1) is 8.38. The normalized spacial score (nSPS) is 21.4. The third kappa shape index (κ3) is 2.71. The Labute approximate surface area is 109 Å². The zero-order valence-corrected chi connectivity index (χ0v) is 11.9. The van der Waals surface area contributed by atoms with Crippen molar-refractivity contribution in [2.45, 2.75) is 46.6 Å². The molecule has 2 rings (SSSR count). The molecule has 2 unspecified atom stereocenters. The van der Waals surface area contributed by atoms with Gasteiger partial charge in [-0.25, -0.2) is 9.98 Å². The molecule has 1 aromatic rings. The highest BCUT2D eigenvalue weighted by Gasteiger charge is 2.24. The Morgan fingerprint density at radius 3 is 2.61 bits per heavy atom. The zero-order valence-electron chi connectivity index (χ0n) is 11.9. The molecule has 3 nitrogen and oxygen atoms in total. The highest BCUT2D eigenvalue weighted by Crippen LogP contribution is 2.33. The first kappa shape index (κ1) is 13.1. The molecule has 0 radical (unpaired) electrons. The number of aromatic nitrogens is 1. The Morgan fingerprint density at radius 2 is 2.06 bits per heavy atom. The minimum atomic E-state index is 0.206. The predicted octanol–water partition coefficient (Wildman–Crippen LogP) is 3.40. The predicted molar refractivity (Wildman–Crippen MR) is 74.1 cm³/mol. The molecule has 3 heteroatoms. The van der Waals surface area contributed by atoms with Gasteiger partial charge in [0.15, 0.2) is 0 Å². The van der Waals surface area contributed by atoms with Crippen LogP contribution >= 0.6 is 0 Å². The third-order valence-corrected chi connectivity index (χ3v) is 3.53. The maximum Gasteiger partial charge on any atom is 0.235 e. The van der Waals surface area contributed by atoms with Gasteiger partial charge in [0.2, 0.25) is 5.90 Å². The number of aliphatic imine (C=N–C) groups is 1. The lowest BCUT2D eigenvalue weighted by molar-refractivity contribution is 0.321. The largest absolute Gasteiger partial charge is 0.474 e. The van der Waals surface area contributed by atoms with E-state index >= 15 is 0 Å². The van der Waals surface area contributed by atoms with Crippen LogP contribution in [0.15, 0.2) is 23.2 Å². The van der Waals surface area contributed by atoms with Crippen LogP contribution in [-0.2, 0) is 4.74 Å². The number of hydrogen-bond acceptors (Lipinski definition) is 3. The second kappa shape index (κ2) is 4.71. The van der Waals surface area contributed by atoms with E-state index in [9.17, 15) is 0 Å². The Bertz CT molecular complexity index is 460. The summed E-state index contributed by atoms with van der Waals surface area (Å²) in [6.45, 7) is 11.6. The fourth-order valence-corrected chi connectivity index (χ4v) is 1.87. The van der Waals surface area contributed by atoms with Gasteiger partial charge >= 0.3 is 0 Å². The Balaban J connectivity index is 2.28. The highest BCUT2D eigenvalue weighted by atomic mass is 16.5. The summed E-state index contributed by atoms with van der Waals surface area (Å²) in [5.41, 5.74) is 2.16. The van der Waals surface area contributed by atoms with Crippen molar-refractivity contribution in [2.75, 3.05) is 6.61 Å². The average Bonchev–Trinajstić information content (AvgIpc) is 2.74. The van der Waals surface area contributed by atoms with Gasteiger partial charge in [-0.3, -0.25) is 0 Å². The summed E-state index contributed by atoms with van der Waals surface area (Å²) in [7, 11) is 0. The van der Waals surface area contributed by atoms with Gasteiger partial charge in [-0.2, -0.15) is 0 Å². The fraction of sp³-hybridized carbons (Fsp3) is 0.600. The van der Waals surface area contributed by atoms with Gasteiger partial charge in [0.25, 0.3) is 0 Å². The quantitative estimate of drug-likeness (QED) is 0.801. The van der Waals surface area contributed by atoms with Crippen LogP contribution in [0, 0.1) is 5.41 Å². The summed E-state index contributed by atoms with van der Waals surface area (Å²) in [6, 6.07) is 6.33. The van der Waals surface area contributed by atoms with E-state index in [4.69, 9.17) is 9.72 Å². The molecule has 0 bridgehead atoms. The van der Waals surface area contributed by atoms with Gasteiger partial charge in [-0.1, -0.05) is 33.8 Å². The average molecular weight is 246 g/mol. The van der Waals surface area contributed by atoms with Gasteiger partial charge in [-0.05, 0) is 24.5 Å². The van der Waals surface area contributed by atoms with Crippen molar-refractivity contribution in [1.82, 2.24) is 4.98 Å². The van der Waals surface area contributed by atoms with Crippen LogP contribution in [-0.4, -0.2) is 23.5 Å². The minimum absolute atomic E-state index is 0.206. The molecule has 0 aromatic carbocycles. The van der Waals surface area contributed by atoms with Gasteiger partial charge in [0.1, 0.15) is 12.3 Å². The molecule has 1 aromatic heterocycles. The number of pyridine rings is 1. The van der Waals surface area contributed by atoms with Crippen LogP contribution in [0.1, 0.15) is 51.9 Å². The molecule has 0 amide bonds. The highest BCUT2D eigenvalue weighted by molar-refractivity contribution is 5.93. The van der Waals surface area contributed by atoms with E-state index in [0.717, 1.165) is 11.4 Å². The van der Waals surface area contributed by atoms with Crippen LogP contribution in [0.3, 0.4) is 0 Å². The molecule has 0 saturated heterocycles. The fourth-order valence-electron chi connectivity index (χ4n) is 1.87. The number of rotatable bonds is 2. The van der Waals surface area contributed by atoms with Crippen LogP contribution in [0.2, 0.25) is 0 Å². The Kier molecular flexibility index (Phi) is 3.42. The molecule has 0 fully saturated rings. The molecular formula is C15H22N2O. The summed E-state index contributed by atoms with van der Waals surface area (Å²) < 4.78 is 5.56. The lowest BCUT2D eigenvalue weighted by Crippen LogP contribution is -2.17. The second-order valence-corrected chi connectivity index (χ2v) is 6.13. The van der Waals surface area contributed by atoms with E-state index in [1.54, 1.807) is 0 Å². The molecule has 98 valence electrons. The van der Waals surface area contributed by atoms with Crippen molar-refractivity contribution < 1.29 is 4.74 Å². The van der Waals surface area contributed by atoms with Gasteiger partial charge in [0.05, 0.1) is 6.04 Å². The van der Waals surface area contributed by atoms with Gasteiger partial charge in [-0.15, -0.1) is 0 Å². The molecular weight excluding hydrogens is 224 g/mol. The van der Waals surface area contributed by atoms with Gasteiger partial charge in [0, 0.05) is 11.6 Å². The van der Waals surface area contributed by atoms with Crippen molar-refractivity contribution in [2.24, 2.45) is 10.4 Å². The molecule has 0 saturated carbocycles. The van der Waals surface area contributed by atoms with Crippen molar-refractivity contribution in [3.63, 3.8) is 0 Å². The second-order valence-electron chi connectivity index (χ2n) is 6.13. The maximum atomic E-state index is 5.56. The SMILES string of the molecule is CC1COC(c2cccc(C(C)C(C)(C)C)n2)=N1. The van der Waals surface area contributed by atoms with Crippen LogP contribution < -0.4 is 0 Å². The van der Waals surface area contributed by atoms with E-state index in [1.165, 1.54) is 0 Å². The van der Waals surface area contributed by atoms with Gasteiger partial charge < -0.3 is 4.74 Å². The minimum Gasteiger partial charge on any atom is -0.474 e. The van der Waals surface area contributed by atoms with E-state index in [0.29, 0.717) is 18.4 Å². The van der Waals surface area contributed by atoms with E-state index < -0.39 is 0 Å². The summed E-state index contributed by atoms with van der Waals surface area (Å²) in [6.07, 6.45) is 0. The van der Waals surface area contributed by atoms with Crippen molar-refractivity contribution in [1.29, 1.82) is 0 Å². The summed E-state index contributed by atoms with van der Waals surface area (Å²) in [4.78, 5) is 9.15. The monoisotopic (exact) mass is 246 g/mol. The molecule has 2 heterocycles. The van der Waals surface area contributed by atoms with E-state index in [1.807, 2.05) is 12.1 Å². The van der Waals surface area contributed by atoms with E-state index in [-0.39, 0.29) is 11.5 Å². The van der Waals surface area contributed by atoms with E-state index in [2.05, 4.69) is 45.7 Å². The van der Waals surface area contributed by atoms with Crippen LogP contribution in [0.4, 0.5) is 0 Å². The van der Waals surface area contributed by atoms with Crippen molar-refractivity contribution in [3.8, 4) is 0 Å². The number of hydrogen-bond donors (Lipinski definition) is 0. The molecule has 0 N–H and O–H groups in total. The number of ether oxygens (including phenoxy) is 1. The van der Waals surface area contributed by atoms with Crippen molar-refractivity contribution in [3.05, 3.63) is 29.6 Å². The maximum absolute atomic E-state index is 5.56. The Hall–Kier alpha value is -1.38. The topological polar surface area (TPSA) is 34.5 Å². The standard InChI is InChI=1S/C15H22N2O/c1-10-9-18-14(16-10)13-8-6-7-12(17-13)11(2)15(3,4)5/h6-8,10-11H,9H2,1-5H3.